The van der Waals surface area contributed by atoms with E-state index in [9.17, 15) is 0 Å². The zero-order valence-electron chi connectivity index (χ0n) is 11.5. The van der Waals surface area contributed by atoms with Crippen molar-refractivity contribution in [2.45, 2.75) is 38.8 Å². The average Bonchev–Trinajstić information content (AvgIpc) is 2.39. The van der Waals surface area contributed by atoms with Crippen LogP contribution in [0.25, 0.3) is 0 Å². The van der Waals surface area contributed by atoms with Crippen LogP contribution in [-0.2, 0) is 0 Å². The van der Waals surface area contributed by atoms with Crippen LogP contribution in [0.5, 0.6) is 0 Å². The third kappa shape index (κ3) is 3.14. The Morgan fingerprint density at radius 3 is 2.67 bits per heavy atom. The summed E-state index contributed by atoms with van der Waals surface area (Å²) in [6.07, 6.45) is 1.18. The van der Waals surface area contributed by atoms with E-state index in [1.165, 1.54) is 12.0 Å². The summed E-state index contributed by atoms with van der Waals surface area (Å²) in [5.41, 5.74) is 1.67. The second-order valence-electron chi connectivity index (χ2n) is 5.54. The molecule has 0 spiro atoms. The number of nitrogens with zero attached hydrogens (tertiary/aromatic N) is 1. The molecule has 2 nitrogen and oxygen atoms in total. The lowest BCUT2D eigenvalue weighted by molar-refractivity contribution is 0.105. The van der Waals surface area contributed by atoms with Crippen LogP contribution in [0.15, 0.2) is 28.7 Å². The zero-order valence-corrected chi connectivity index (χ0v) is 13.1. The highest BCUT2D eigenvalue weighted by Crippen LogP contribution is 2.26. The highest BCUT2D eigenvalue weighted by atomic mass is 79.9. The van der Waals surface area contributed by atoms with Gasteiger partial charge in [-0.2, -0.15) is 0 Å². The van der Waals surface area contributed by atoms with Crippen LogP contribution in [0.3, 0.4) is 0 Å². The molecule has 2 unspecified atom stereocenters. The number of hydrogen-bond acceptors (Lipinski definition) is 2. The van der Waals surface area contributed by atoms with Crippen molar-refractivity contribution < 1.29 is 0 Å². The minimum atomic E-state index is 0.266. The Kier molecular flexibility index (Phi) is 4.46. The molecule has 2 rings (SSSR count). The van der Waals surface area contributed by atoms with E-state index in [0.717, 1.165) is 24.1 Å². The van der Waals surface area contributed by atoms with Crippen molar-refractivity contribution in [2.24, 2.45) is 0 Å². The fourth-order valence-electron chi connectivity index (χ4n) is 2.60. The summed E-state index contributed by atoms with van der Waals surface area (Å²) in [7, 11) is 0. The van der Waals surface area contributed by atoms with Crippen LogP contribution in [0.4, 0.5) is 0 Å². The predicted molar refractivity (Wildman–Crippen MR) is 80.8 cm³/mol. The molecule has 0 aromatic heterocycles. The highest BCUT2D eigenvalue weighted by molar-refractivity contribution is 9.10. The van der Waals surface area contributed by atoms with Crippen molar-refractivity contribution in [3.63, 3.8) is 0 Å². The Labute approximate surface area is 119 Å². The van der Waals surface area contributed by atoms with Gasteiger partial charge in [0.15, 0.2) is 0 Å². The lowest BCUT2D eigenvalue weighted by Gasteiger charge is -2.43. The number of halogens is 1. The summed E-state index contributed by atoms with van der Waals surface area (Å²) in [4.78, 5) is 2.59. The molecule has 0 amide bonds. The van der Waals surface area contributed by atoms with Crippen LogP contribution >= 0.6 is 15.9 Å². The predicted octanol–water partition coefficient (Wildman–Crippen LogP) is 3.58. The summed E-state index contributed by atoms with van der Waals surface area (Å²) in [5, 5.41) is 3.64. The van der Waals surface area contributed by atoms with Crippen LogP contribution in [-0.4, -0.2) is 30.1 Å². The molecule has 2 atom stereocenters. The first kappa shape index (κ1) is 14.0. The van der Waals surface area contributed by atoms with E-state index >= 15 is 0 Å². The molecule has 1 aliphatic heterocycles. The van der Waals surface area contributed by atoms with Crippen molar-refractivity contribution in [2.75, 3.05) is 19.6 Å². The Balaban J connectivity index is 2.09. The van der Waals surface area contributed by atoms with E-state index in [4.69, 9.17) is 0 Å². The van der Waals surface area contributed by atoms with Gasteiger partial charge < -0.3 is 5.32 Å². The fraction of sp³-hybridized carbons (Fsp3) is 0.600. The van der Waals surface area contributed by atoms with Crippen molar-refractivity contribution in [1.29, 1.82) is 0 Å². The van der Waals surface area contributed by atoms with Gasteiger partial charge in [0, 0.05) is 35.7 Å². The molecule has 1 fully saturated rings. The lowest BCUT2D eigenvalue weighted by Crippen LogP contribution is -2.58. The number of piperazine rings is 1. The van der Waals surface area contributed by atoms with Gasteiger partial charge >= 0.3 is 0 Å². The fourth-order valence-corrected chi connectivity index (χ4v) is 2.87. The van der Waals surface area contributed by atoms with Gasteiger partial charge in [0.1, 0.15) is 0 Å². The molecule has 1 aromatic carbocycles. The molecule has 1 aliphatic rings. The summed E-state index contributed by atoms with van der Waals surface area (Å²) >= 11 is 3.50. The molecule has 18 heavy (non-hydrogen) atoms. The van der Waals surface area contributed by atoms with Crippen molar-refractivity contribution in [3.05, 3.63) is 34.3 Å². The molecule has 1 N–H and O–H groups in total. The number of rotatable bonds is 3. The molecule has 1 saturated heterocycles. The normalized spacial score (nSPS) is 27.1. The Hall–Kier alpha value is -0.380. The summed E-state index contributed by atoms with van der Waals surface area (Å²) in [5.74, 6) is 0. The van der Waals surface area contributed by atoms with Gasteiger partial charge in [0.25, 0.3) is 0 Å². The summed E-state index contributed by atoms with van der Waals surface area (Å²) in [6.45, 7) is 10.2. The molecule has 0 saturated carbocycles. The second kappa shape index (κ2) is 5.72. The maximum atomic E-state index is 3.64. The SMILES string of the molecule is CCC1(C)CN(C(C)c2ccc(Br)cc2)CCN1. The first-order valence-electron chi connectivity index (χ1n) is 6.78. The number of nitrogens with one attached hydrogen (secondary N) is 1. The zero-order chi connectivity index (χ0) is 13.2. The van der Waals surface area contributed by atoms with E-state index < -0.39 is 0 Å². The first-order valence-corrected chi connectivity index (χ1v) is 7.58. The van der Waals surface area contributed by atoms with Crippen LogP contribution < -0.4 is 5.32 Å². The van der Waals surface area contributed by atoms with E-state index in [0.29, 0.717) is 6.04 Å². The van der Waals surface area contributed by atoms with Gasteiger partial charge in [-0.15, -0.1) is 0 Å². The van der Waals surface area contributed by atoms with Crippen LogP contribution in [0, 0.1) is 0 Å². The standard InChI is InChI=1S/C15H23BrN2/c1-4-15(3)11-18(10-9-17-15)12(2)13-5-7-14(16)8-6-13/h5-8,12,17H,4,9-11H2,1-3H3. The molecule has 1 heterocycles. The maximum Gasteiger partial charge on any atom is 0.0321 e. The van der Waals surface area contributed by atoms with Gasteiger partial charge in [0.2, 0.25) is 0 Å². The van der Waals surface area contributed by atoms with Crippen molar-refractivity contribution >= 4 is 15.9 Å². The topological polar surface area (TPSA) is 15.3 Å². The molecule has 3 heteroatoms. The molecule has 0 radical (unpaired) electrons. The molecule has 0 bridgehead atoms. The van der Waals surface area contributed by atoms with Crippen LogP contribution in [0.1, 0.15) is 38.8 Å². The highest BCUT2D eigenvalue weighted by Gasteiger charge is 2.31. The summed E-state index contributed by atoms with van der Waals surface area (Å²) in [6, 6.07) is 9.20. The second-order valence-corrected chi connectivity index (χ2v) is 6.45. The summed E-state index contributed by atoms with van der Waals surface area (Å²) < 4.78 is 1.15. The van der Waals surface area contributed by atoms with E-state index in [1.807, 2.05) is 0 Å². The molecule has 1 aromatic rings. The lowest BCUT2D eigenvalue weighted by atomic mass is 9.94. The number of benzene rings is 1. The minimum absolute atomic E-state index is 0.266. The maximum absolute atomic E-state index is 3.64. The van der Waals surface area contributed by atoms with E-state index in [1.54, 1.807) is 0 Å². The molecular weight excluding hydrogens is 288 g/mol. The Bertz CT molecular complexity index is 390. The van der Waals surface area contributed by atoms with Gasteiger partial charge in [-0.05, 0) is 38.0 Å². The van der Waals surface area contributed by atoms with Gasteiger partial charge in [-0.3, -0.25) is 4.90 Å². The van der Waals surface area contributed by atoms with Crippen molar-refractivity contribution in [3.8, 4) is 0 Å². The largest absolute Gasteiger partial charge is 0.309 e. The third-order valence-corrected chi connectivity index (χ3v) is 4.71. The molecule has 0 aliphatic carbocycles. The van der Waals surface area contributed by atoms with Crippen molar-refractivity contribution in [1.82, 2.24) is 10.2 Å². The van der Waals surface area contributed by atoms with Gasteiger partial charge in [0.05, 0.1) is 0 Å². The van der Waals surface area contributed by atoms with Crippen LogP contribution in [0.2, 0.25) is 0 Å². The molecule has 100 valence electrons. The minimum Gasteiger partial charge on any atom is -0.309 e. The van der Waals surface area contributed by atoms with Gasteiger partial charge in [-0.1, -0.05) is 35.0 Å². The average molecular weight is 311 g/mol. The first-order chi connectivity index (χ1) is 8.54. The number of hydrogen-bond donors (Lipinski definition) is 1. The van der Waals surface area contributed by atoms with E-state index in [2.05, 4.69) is 71.2 Å². The van der Waals surface area contributed by atoms with E-state index in [-0.39, 0.29) is 5.54 Å². The Morgan fingerprint density at radius 1 is 1.39 bits per heavy atom. The monoisotopic (exact) mass is 310 g/mol. The Morgan fingerprint density at radius 2 is 2.06 bits per heavy atom. The van der Waals surface area contributed by atoms with Gasteiger partial charge in [-0.25, -0.2) is 0 Å². The molecular formula is C15H23BrN2. The third-order valence-electron chi connectivity index (χ3n) is 4.18. The smallest absolute Gasteiger partial charge is 0.0321 e. The quantitative estimate of drug-likeness (QED) is 0.918.